The molecule has 3 heterocycles. The van der Waals surface area contributed by atoms with Gasteiger partial charge in [0.1, 0.15) is 43.1 Å². The lowest BCUT2D eigenvalue weighted by molar-refractivity contribution is -0.0666. The zero-order chi connectivity index (χ0) is 28.3. The molecule has 0 aliphatic carbocycles. The van der Waals surface area contributed by atoms with Crippen LogP contribution in [-0.4, -0.2) is 52.3 Å². The van der Waals surface area contributed by atoms with Crippen LogP contribution in [0, 0.1) is 0 Å². The number of hydrogen-bond donors (Lipinski definition) is 1. The average Bonchev–Trinajstić information content (AvgIpc) is 3.54. The predicted molar refractivity (Wildman–Crippen MR) is 148 cm³/mol. The van der Waals surface area contributed by atoms with Crippen molar-refractivity contribution in [2.75, 3.05) is 18.9 Å². The summed E-state index contributed by atoms with van der Waals surface area (Å²) in [6.07, 6.45) is 4.60. The van der Waals surface area contributed by atoms with Crippen molar-refractivity contribution in [2.24, 2.45) is 0 Å². The first-order valence-corrected chi connectivity index (χ1v) is 13.9. The first kappa shape index (κ1) is 29.4. The quantitative estimate of drug-likeness (QED) is 0.143. The Morgan fingerprint density at radius 1 is 1.02 bits per heavy atom. The fraction of sp³-hybridized carbons (Fsp3) is 0.500. The number of ether oxygens (including phenoxy) is 5. The van der Waals surface area contributed by atoms with Crippen molar-refractivity contribution < 1.29 is 33.3 Å². The maximum absolute atomic E-state index is 12.5. The Morgan fingerprint density at radius 2 is 1.80 bits per heavy atom. The highest BCUT2D eigenvalue weighted by Gasteiger charge is 2.41. The van der Waals surface area contributed by atoms with Crippen LogP contribution >= 0.6 is 11.6 Å². The molecule has 3 atom stereocenters. The molecule has 40 heavy (non-hydrogen) atoms. The molecule has 1 unspecified atom stereocenters. The summed E-state index contributed by atoms with van der Waals surface area (Å²) in [7, 11) is 0. The van der Waals surface area contributed by atoms with Gasteiger partial charge in [-0.2, -0.15) is 4.98 Å². The summed E-state index contributed by atoms with van der Waals surface area (Å²) in [5.74, 6) is 0.235. The zero-order valence-electron chi connectivity index (χ0n) is 22.5. The van der Waals surface area contributed by atoms with Crippen molar-refractivity contribution in [3.05, 3.63) is 53.4 Å². The second-order valence-corrected chi connectivity index (χ2v) is 9.90. The number of carbonyl (C=O) groups excluding carboxylic acids is 2. The van der Waals surface area contributed by atoms with Gasteiger partial charge in [-0.1, -0.05) is 69.4 Å². The Balaban J connectivity index is 1.36. The van der Waals surface area contributed by atoms with Crippen molar-refractivity contribution >= 4 is 40.8 Å². The minimum absolute atomic E-state index is 0.00457. The summed E-state index contributed by atoms with van der Waals surface area (Å²) in [5, 5.41) is 0.600. The molecule has 1 aliphatic heterocycles. The molecule has 0 spiro atoms. The number of nitrogens with two attached hydrogens (primary N) is 1. The molecule has 1 aromatic carbocycles. The first-order valence-electron chi connectivity index (χ1n) is 13.6. The molecule has 1 saturated heterocycles. The Hall–Kier alpha value is -3.57. The van der Waals surface area contributed by atoms with Gasteiger partial charge >= 0.3 is 12.3 Å². The van der Waals surface area contributed by atoms with E-state index in [1.807, 2.05) is 30.3 Å². The number of nitrogens with zero attached hydrogens (tertiary/aromatic N) is 3. The smallest absolute Gasteiger partial charge is 0.434 e. The number of rotatable bonds is 13. The van der Waals surface area contributed by atoms with Gasteiger partial charge in [-0.25, -0.2) is 14.6 Å². The number of benzene rings is 1. The molecule has 12 heteroatoms. The molecule has 4 rings (SSSR count). The van der Waals surface area contributed by atoms with Gasteiger partial charge in [-0.3, -0.25) is 0 Å². The highest BCUT2D eigenvalue weighted by atomic mass is 35.5. The summed E-state index contributed by atoms with van der Waals surface area (Å²) >= 11 is 6.03. The van der Waals surface area contributed by atoms with E-state index in [1.165, 1.54) is 19.3 Å². The first-order chi connectivity index (χ1) is 19.4. The van der Waals surface area contributed by atoms with Crippen LogP contribution in [0.1, 0.15) is 63.7 Å². The number of nitrogen functional groups attached to an aromatic ring is 1. The maximum Gasteiger partial charge on any atom is 0.508 e. The summed E-state index contributed by atoms with van der Waals surface area (Å²) in [6, 6.07) is 11.0. The Morgan fingerprint density at radius 3 is 2.60 bits per heavy atom. The number of carbonyl (C=O) groups is 2. The zero-order valence-corrected chi connectivity index (χ0v) is 23.3. The molecule has 2 N–H and O–H groups in total. The molecule has 11 nitrogen and oxygen atoms in total. The molecule has 0 bridgehead atoms. The monoisotopic (exact) mass is 574 g/mol. The van der Waals surface area contributed by atoms with Crippen LogP contribution < -0.4 is 5.73 Å². The molecular formula is C28H35ClN4O7. The average molecular weight is 575 g/mol. The summed E-state index contributed by atoms with van der Waals surface area (Å²) < 4.78 is 29.3. The van der Waals surface area contributed by atoms with Gasteiger partial charge in [-0.15, -0.1) is 0 Å². The van der Waals surface area contributed by atoms with Gasteiger partial charge in [0.05, 0.1) is 12.0 Å². The van der Waals surface area contributed by atoms with Crippen LogP contribution in [0.4, 0.5) is 15.4 Å². The van der Waals surface area contributed by atoms with E-state index in [2.05, 4.69) is 16.9 Å². The third-order valence-corrected chi connectivity index (χ3v) is 6.76. The summed E-state index contributed by atoms with van der Waals surface area (Å²) in [5.41, 5.74) is 7.28. The Kier molecular flexibility index (Phi) is 10.8. The van der Waals surface area contributed by atoms with Gasteiger partial charge in [0.2, 0.25) is 5.28 Å². The van der Waals surface area contributed by atoms with Gasteiger partial charge in [-0.05, 0) is 29.7 Å². The third kappa shape index (κ3) is 8.22. The normalized spacial score (nSPS) is 18.5. The fourth-order valence-corrected chi connectivity index (χ4v) is 4.68. The molecule has 1 fully saturated rings. The number of unbranched alkanes of at least 4 members (excludes halogenated alkanes) is 5. The van der Waals surface area contributed by atoms with E-state index in [0.29, 0.717) is 11.0 Å². The lowest BCUT2D eigenvalue weighted by Crippen LogP contribution is -2.32. The summed E-state index contributed by atoms with van der Waals surface area (Å²) in [4.78, 5) is 33.0. The topological polar surface area (TPSA) is 137 Å². The molecule has 3 aromatic rings. The van der Waals surface area contributed by atoms with E-state index in [-0.39, 0.29) is 37.3 Å². The van der Waals surface area contributed by atoms with E-state index >= 15 is 0 Å². The number of halogens is 1. The van der Waals surface area contributed by atoms with E-state index in [9.17, 15) is 9.59 Å². The van der Waals surface area contributed by atoms with Crippen molar-refractivity contribution in [1.82, 2.24) is 14.5 Å². The molecule has 1 aliphatic rings. The highest BCUT2D eigenvalue weighted by Crippen LogP contribution is 2.35. The van der Waals surface area contributed by atoms with E-state index in [1.54, 1.807) is 16.8 Å². The largest absolute Gasteiger partial charge is 0.508 e. The minimum atomic E-state index is -0.862. The van der Waals surface area contributed by atoms with Crippen molar-refractivity contribution in [1.29, 1.82) is 0 Å². The number of aromatic nitrogens is 3. The van der Waals surface area contributed by atoms with Crippen molar-refractivity contribution in [3.8, 4) is 0 Å². The van der Waals surface area contributed by atoms with Gasteiger partial charge < -0.3 is 34.0 Å². The standard InChI is InChI=1S/C28H35ClN4O7/c1-2-3-4-5-6-10-15-36-28(35)40-21-16-23(33-14-13-20-24(30)31-26(29)32-25(20)33)39-22(21)18-38-27(34)37-17-19-11-8-7-9-12-19/h7-9,11-14,21-23H,2-6,10,15-18H2,1H3,(H2,30,31,32)/t21?,22-,23-/m1/s1. The number of fused-ring (bicyclic) bond motifs is 1. The highest BCUT2D eigenvalue weighted by molar-refractivity contribution is 6.28. The lowest BCUT2D eigenvalue weighted by atomic mass is 10.1. The van der Waals surface area contributed by atoms with Gasteiger partial charge in [0.15, 0.2) is 0 Å². The van der Waals surface area contributed by atoms with Crippen molar-refractivity contribution in [3.63, 3.8) is 0 Å². The molecule has 0 radical (unpaired) electrons. The van der Waals surface area contributed by atoms with Gasteiger partial charge in [0.25, 0.3) is 0 Å². The van der Waals surface area contributed by atoms with E-state index in [4.69, 9.17) is 41.0 Å². The van der Waals surface area contributed by atoms with Crippen LogP contribution in [0.2, 0.25) is 5.28 Å². The number of hydrogen-bond acceptors (Lipinski definition) is 10. The van der Waals surface area contributed by atoms with E-state index in [0.717, 1.165) is 24.8 Å². The maximum atomic E-state index is 12.5. The fourth-order valence-electron chi connectivity index (χ4n) is 4.51. The van der Waals surface area contributed by atoms with Crippen LogP contribution in [-0.2, 0) is 30.3 Å². The van der Waals surface area contributed by atoms with Gasteiger partial charge in [0, 0.05) is 12.6 Å². The second-order valence-electron chi connectivity index (χ2n) is 9.56. The molecule has 216 valence electrons. The Labute approximate surface area is 237 Å². The Bertz CT molecular complexity index is 1260. The number of anilines is 1. The second kappa shape index (κ2) is 14.7. The minimum Gasteiger partial charge on any atom is -0.434 e. The van der Waals surface area contributed by atoms with Crippen LogP contribution in [0.5, 0.6) is 0 Å². The molecule has 0 saturated carbocycles. The van der Waals surface area contributed by atoms with Crippen LogP contribution in [0.25, 0.3) is 11.0 Å². The SMILES string of the molecule is CCCCCCCCOC(=O)OC1C[C@H](n2ccc3c(N)nc(Cl)nc32)O[C@@H]1COC(=O)OCc1ccccc1. The third-order valence-electron chi connectivity index (χ3n) is 6.60. The summed E-state index contributed by atoms with van der Waals surface area (Å²) in [6.45, 7) is 2.30. The van der Waals surface area contributed by atoms with Crippen molar-refractivity contribution in [2.45, 2.75) is 76.9 Å². The molecule has 0 amide bonds. The van der Waals surface area contributed by atoms with E-state index < -0.39 is 30.7 Å². The predicted octanol–water partition coefficient (Wildman–Crippen LogP) is 6.19. The molecule has 2 aromatic heterocycles. The lowest BCUT2D eigenvalue weighted by Gasteiger charge is -2.18. The van der Waals surface area contributed by atoms with Crippen LogP contribution in [0.15, 0.2) is 42.6 Å². The van der Waals surface area contributed by atoms with Crippen LogP contribution in [0.3, 0.4) is 0 Å². The molecular weight excluding hydrogens is 540 g/mol.